The van der Waals surface area contributed by atoms with Crippen molar-refractivity contribution < 1.29 is 14.6 Å². The van der Waals surface area contributed by atoms with E-state index in [1.165, 1.54) is 6.07 Å². The molecule has 5 N–H and O–H groups in total. The Bertz CT molecular complexity index is 756. The van der Waals surface area contributed by atoms with Gasteiger partial charge in [0, 0.05) is 12.6 Å². The Morgan fingerprint density at radius 2 is 1.96 bits per heavy atom. The molecule has 2 rings (SSSR count). The standard InChI is InChI=1S/C19H22FN3O2/c1-12(2-3-13-4-6-16(24)7-5-13)23-11-18(25)14-8-15(10-21)19(22)17(20)9-14/h4-9,12,18,23-25H,2-3,11,22H2,1H3. The highest BCUT2D eigenvalue weighted by Gasteiger charge is 2.14. The molecule has 0 spiro atoms. The van der Waals surface area contributed by atoms with Crippen molar-refractivity contribution in [3.8, 4) is 11.8 Å². The molecule has 5 nitrogen and oxygen atoms in total. The summed E-state index contributed by atoms with van der Waals surface area (Å²) in [5.41, 5.74) is 6.74. The van der Waals surface area contributed by atoms with Crippen molar-refractivity contribution in [3.05, 3.63) is 58.9 Å². The van der Waals surface area contributed by atoms with Gasteiger partial charge in [0.15, 0.2) is 0 Å². The second kappa shape index (κ2) is 8.47. The van der Waals surface area contributed by atoms with Crippen molar-refractivity contribution in [2.45, 2.75) is 31.9 Å². The van der Waals surface area contributed by atoms with Crippen molar-refractivity contribution in [3.63, 3.8) is 0 Å². The van der Waals surface area contributed by atoms with E-state index in [0.717, 1.165) is 24.5 Å². The van der Waals surface area contributed by atoms with Gasteiger partial charge in [-0.3, -0.25) is 0 Å². The number of nitrogens with zero attached hydrogens (tertiary/aromatic N) is 1. The first-order valence-electron chi connectivity index (χ1n) is 8.09. The minimum atomic E-state index is -0.932. The Balaban J connectivity index is 1.87. The lowest BCUT2D eigenvalue weighted by Gasteiger charge is -2.18. The number of aryl methyl sites for hydroxylation is 1. The number of rotatable bonds is 7. The number of nitriles is 1. The molecule has 2 aromatic carbocycles. The zero-order valence-corrected chi connectivity index (χ0v) is 14.0. The summed E-state index contributed by atoms with van der Waals surface area (Å²) in [7, 11) is 0. The fourth-order valence-corrected chi connectivity index (χ4v) is 2.50. The number of nitrogens with one attached hydrogen (secondary N) is 1. The van der Waals surface area contributed by atoms with E-state index in [0.29, 0.717) is 5.56 Å². The zero-order chi connectivity index (χ0) is 18.4. The first-order chi connectivity index (χ1) is 11.9. The van der Waals surface area contributed by atoms with Crippen LogP contribution in [0.1, 0.15) is 36.1 Å². The summed E-state index contributed by atoms with van der Waals surface area (Å²) in [6, 6.07) is 11.6. The fourth-order valence-electron chi connectivity index (χ4n) is 2.50. The average Bonchev–Trinajstić information content (AvgIpc) is 2.61. The first-order valence-corrected chi connectivity index (χ1v) is 8.09. The zero-order valence-electron chi connectivity index (χ0n) is 14.0. The normalized spacial score (nSPS) is 13.2. The third-order valence-corrected chi connectivity index (χ3v) is 4.12. The summed E-state index contributed by atoms with van der Waals surface area (Å²) >= 11 is 0. The molecule has 0 saturated heterocycles. The molecule has 2 unspecified atom stereocenters. The number of phenolic OH excluding ortho intramolecular Hbond substituents is 1. The van der Waals surface area contributed by atoms with E-state index in [9.17, 15) is 14.6 Å². The number of benzene rings is 2. The van der Waals surface area contributed by atoms with Gasteiger partial charge in [0.05, 0.1) is 17.4 Å². The van der Waals surface area contributed by atoms with Crippen LogP contribution in [0.25, 0.3) is 0 Å². The third-order valence-electron chi connectivity index (χ3n) is 4.12. The van der Waals surface area contributed by atoms with E-state index in [1.807, 2.05) is 25.1 Å². The minimum Gasteiger partial charge on any atom is -0.508 e. The van der Waals surface area contributed by atoms with Crippen LogP contribution in [0.4, 0.5) is 10.1 Å². The highest BCUT2D eigenvalue weighted by Crippen LogP contribution is 2.22. The fraction of sp³-hybridized carbons (Fsp3) is 0.316. The number of halogens is 1. The van der Waals surface area contributed by atoms with Crippen molar-refractivity contribution in [2.24, 2.45) is 0 Å². The van der Waals surface area contributed by atoms with Gasteiger partial charge in [-0.15, -0.1) is 0 Å². The molecule has 0 amide bonds. The van der Waals surface area contributed by atoms with Gasteiger partial charge >= 0.3 is 0 Å². The molecule has 0 bridgehead atoms. The van der Waals surface area contributed by atoms with Gasteiger partial charge < -0.3 is 21.3 Å². The lowest BCUT2D eigenvalue weighted by Crippen LogP contribution is -2.30. The lowest BCUT2D eigenvalue weighted by atomic mass is 10.0. The number of aromatic hydroxyl groups is 1. The average molecular weight is 343 g/mol. The van der Waals surface area contributed by atoms with Crippen LogP contribution in [0, 0.1) is 17.1 Å². The number of anilines is 1. The molecule has 132 valence electrons. The number of nitrogens with two attached hydrogens (primary N) is 1. The second-order valence-electron chi connectivity index (χ2n) is 6.11. The summed E-state index contributed by atoms with van der Waals surface area (Å²) < 4.78 is 13.7. The number of aliphatic hydroxyl groups is 1. The number of hydrogen-bond donors (Lipinski definition) is 4. The SMILES string of the molecule is CC(CCc1ccc(O)cc1)NCC(O)c1cc(F)c(N)c(C#N)c1. The predicted molar refractivity (Wildman–Crippen MR) is 94.4 cm³/mol. The van der Waals surface area contributed by atoms with Gasteiger partial charge in [0.25, 0.3) is 0 Å². The molecule has 0 fully saturated rings. The van der Waals surface area contributed by atoms with Gasteiger partial charge in [-0.2, -0.15) is 5.26 Å². The molecule has 0 aromatic heterocycles. The van der Waals surface area contributed by atoms with E-state index >= 15 is 0 Å². The third kappa shape index (κ3) is 5.18. The van der Waals surface area contributed by atoms with Crippen LogP contribution in [0.3, 0.4) is 0 Å². The van der Waals surface area contributed by atoms with Crippen LogP contribution < -0.4 is 11.1 Å². The molecule has 0 saturated carbocycles. The van der Waals surface area contributed by atoms with Gasteiger partial charge in [-0.05, 0) is 55.2 Å². The first kappa shape index (κ1) is 18.7. The molecule has 25 heavy (non-hydrogen) atoms. The summed E-state index contributed by atoms with van der Waals surface area (Å²) in [5.74, 6) is -0.459. The molecule has 0 aliphatic rings. The molecule has 2 atom stereocenters. The van der Waals surface area contributed by atoms with Gasteiger partial charge in [0.1, 0.15) is 17.6 Å². The van der Waals surface area contributed by atoms with Crippen LogP contribution in [0.5, 0.6) is 5.75 Å². The highest BCUT2D eigenvalue weighted by molar-refractivity contribution is 5.56. The van der Waals surface area contributed by atoms with Crippen molar-refractivity contribution in [2.75, 3.05) is 12.3 Å². The van der Waals surface area contributed by atoms with Crippen LogP contribution in [0.15, 0.2) is 36.4 Å². The summed E-state index contributed by atoms with van der Waals surface area (Å²) in [6.45, 7) is 2.24. The van der Waals surface area contributed by atoms with E-state index < -0.39 is 11.9 Å². The van der Waals surface area contributed by atoms with E-state index in [4.69, 9.17) is 11.0 Å². The summed E-state index contributed by atoms with van der Waals surface area (Å²) in [5, 5.41) is 31.6. The Morgan fingerprint density at radius 1 is 1.28 bits per heavy atom. The molecule has 0 aliphatic heterocycles. The Labute approximate surface area is 146 Å². The lowest BCUT2D eigenvalue weighted by molar-refractivity contribution is 0.169. The number of hydrogen-bond acceptors (Lipinski definition) is 5. The summed E-state index contributed by atoms with van der Waals surface area (Å²) in [4.78, 5) is 0. The molecular formula is C19H22FN3O2. The van der Waals surface area contributed by atoms with Gasteiger partial charge in [0.2, 0.25) is 0 Å². The van der Waals surface area contributed by atoms with E-state index in [2.05, 4.69) is 5.32 Å². The molecule has 6 heteroatoms. The maximum Gasteiger partial charge on any atom is 0.147 e. The maximum atomic E-state index is 13.7. The van der Waals surface area contributed by atoms with Gasteiger partial charge in [-0.25, -0.2) is 4.39 Å². The van der Waals surface area contributed by atoms with Crippen LogP contribution >= 0.6 is 0 Å². The van der Waals surface area contributed by atoms with E-state index in [-0.39, 0.29) is 29.6 Å². The largest absolute Gasteiger partial charge is 0.508 e. The number of phenols is 1. The number of aliphatic hydroxyl groups excluding tert-OH is 1. The number of nitrogen functional groups attached to an aromatic ring is 1. The molecule has 0 radical (unpaired) electrons. The van der Waals surface area contributed by atoms with E-state index in [1.54, 1.807) is 12.1 Å². The highest BCUT2D eigenvalue weighted by atomic mass is 19.1. The van der Waals surface area contributed by atoms with Gasteiger partial charge in [-0.1, -0.05) is 12.1 Å². The van der Waals surface area contributed by atoms with Crippen molar-refractivity contribution in [1.82, 2.24) is 5.32 Å². The quantitative estimate of drug-likeness (QED) is 0.579. The smallest absolute Gasteiger partial charge is 0.147 e. The van der Waals surface area contributed by atoms with Crippen LogP contribution in [-0.2, 0) is 6.42 Å². The topological polar surface area (TPSA) is 102 Å². The predicted octanol–water partition coefficient (Wildman–Crippen LogP) is 2.63. The monoisotopic (exact) mass is 343 g/mol. The Kier molecular flexibility index (Phi) is 6.34. The van der Waals surface area contributed by atoms with Crippen molar-refractivity contribution in [1.29, 1.82) is 5.26 Å². The Morgan fingerprint density at radius 3 is 2.60 bits per heavy atom. The molecular weight excluding hydrogens is 321 g/mol. The maximum absolute atomic E-state index is 13.7. The van der Waals surface area contributed by atoms with Crippen molar-refractivity contribution >= 4 is 5.69 Å². The van der Waals surface area contributed by atoms with Crippen LogP contribution in [-0.4, -0.2) is 22.8 Å². The molecule has 0 heterocycles. The second-order valence-corrected chi connectivity index (χ2v) is 6.11. The molecule has 2 aromatic rings. The van der Waals surface area contributed by atoms with Crippen LogP contribution in [0.2, 0.25) is 0 Å². The Hall–Kier alpha value is -2.62. The summed E-state index contributed by atoms with van der Waals surface area (Å²) in [6.07, 6.45) is 0.745. The molecule has 0 aliphatic carbocycles. The minimum absolute atomic E-state index is 0.0226.